The van der Waals surface area contributed by atoms with Crippen LogP contribution < -0.4 is 0 Å². The van der Waals surface area contributed by atoms with Crippen molar-refractivity contribution in [2.75, 3.05) is 0 Å². The zero-order chi connectivity index (χ0) is 16.5. The molecule has 0 heterocycles. The van der Waals surface area contributed by atoms with Crippen LogP contribution in [0.1, 0.15) is 12.8 Å². The van der Waals surface area contributed by atoms with Gasteiger partial charge in [-0.15, -0.1) is 11.6 Å². The predicted molar refractivity (Wildman–Crippen MR) is 78.5 cm³/mol. The molecule has 2 N–H and O–H groups in total. The maximum Gasteiger partial charge on any atom is 0.307 e. The predicted octanol–water partition coefficient (Wildman–Crippen LogP) is 1.63. The molecule has 1 saturated carbocycles. The zero-order valence-corrected chi connectivity index (χ0v) is 13.0. The number of rotatable bonds is 4. The van der Waals surface area contributed by atoms with E-state index in [1.165, 1.54) is 12.1 Å². The van der Waals surface area contributed by atoms with Gasteiger partial charge in [-0.05, 0) is 25.0 Å². The summed E-state index contributed by atoms with van der Waals surface area (Å²) in [6, 6.07) is 7.62. The van der Waals surface area contributed by atoms with E-state index in [0.717, 1.165) is 0 Å². The maximum absolute atomic E-state index is 12.6. The fraction of sp³-hybridized carbons (Fsp3) is 0.429. The summed E-state index contributed by atoms with van der Waals surface area (Å²) in [7, 11) is -3.81. The number of alkyl halides is 1. The monoisotopic (exact) mass is 346 g/mol. The summed E-state index contributed by atoms with van der Waals surface area (Å²) in [5.74, 6) is -5.03. The highest BCUT2D eigenvalue weighted by Gasteiger charge is 2.48. The van der Waals surface area contributed by atoms with Gasteiger partial charge in [0, 0.05) is 0 Å². The fourth-order valence-corrected chi connectivity index (χ4v) is 5.32. The molecule has 22 heavy (non-hydrogen) atoms. The molecule has 0 radical (unpaired) electrons. The van der Waals surface area contributed by atoms with Crippen LogP contribution in [0.4, 0.5) is 0 Å². The Kier molecular flexibility index (Phi) is 4.77. The van der Waals surface area contributed by atoms with Gasteiger partial charge in [-0.3, -0.25) is 9.59 Å². The second-order valence-corrected chi connectivity index (χ2v) is 8.00. The quantitative estimate of drug-likeness (QED) is 0.802. The van der Waals surface area contributed by atoms with Crippen molar-refractivity contribution in [1.29, 1.82) is 0 Å². The van der Waals surface area contributed by atoms with Crippen molar-refractivity contribution in [3.05, 3.63) is 30.3 Å². The van der Waals surface area contributed by atoms with Gasteiger partial charge >= 0.3 is 11.9 Å². The van der Waals surface area contributed by atoms with Crippen molar-refractivity contribution in [3.8, 4) is 0 Å². The van der Waals surface area contributed by atoms with Gasteiger partial charge in [0.2, 0.25) is 0 Å². The lowest BCUT2D eigenvalue weighted by molar-refractivity contribution is -0.155. The molecule has 0 aliphatic heterocycles. The summed E-state index contributed by atoms with van der Waals surface area (Å²) in [5, 5.41) is 16.2. The normalized spacial score (nSPS) is 29.0. The largest absolute Gasteiger partial charge is 0.481 e. The third-order valence-corrected chi connectivity index (χ3v) is 6.84. The summed E-state index contributed by atoms with van der Waals surface area (Å²) >= 11 is 6.09. The van der Waals surface area contributed by atoms with Crippen LogP contribution in [0, 0.1) is 11.8 Å². The van der Waals surface area contributed by atoms with E-state index < -0.39 is 44.2 Å². The molecule has 0 spiro atoms. The Morgan fingerprint density at radius 2 is 1.50 bits per heavy atom. The summed E-state index contributed by atoms with van der Waals surface area (Å²) in [6.07, 6.45) is -0.498. The smallest absolute Gasteiger partial charge is 0.307 e. The second kappa shape index (κ2) is 6.26. The lowest BCUT2D eigenvalue weighted by Crippen LogP contribution is -2.46. The lowest BCUT2D eigenvalue weighted by Gasteiger charge is -2.34. The first-order valence-corrected chi connectivity index (χ1v) is 8.62. The van der Waals surface area contributed by atoms with Crippen molar-refractivity contribution < 1.29 is 28.2 Å². The van der Waals surface area contributed by atoms with Crippen LogP contribution in [-0.2, 0) is 19.4 Å². The number of halogens is 1. The number of carboxylic acids is 2. The molecule has 1 aromatic carbocycles. The van der Waals surface area contributed by atoms with Gasteiger partial charge in [0.05, 0.1) is 27.4 Å². The minimum absolute atomic E-state index is 0.0589. The maximum atomic E-state index is 12.6. The molecule has 0 aromatic heterocycles. The zero-order valence-electron chi connectivity index (χ0n) is 11.4. The highest BCUT2D eigenvalue weighted by molar-refractivity contribution is 7.92. The van der Waals surface area contributed by atoms with Gasteiger partial charge in [-0.1, -0.05) is 18.2 Å². The average molecular weight is 347 g/mol. The number of hydrogen-bond donors (Lipinski definition) is 2. The Balaban J connectivity index is 2.36. The van der Waals surface area contributed by atoms with E-state index in [1.54, 1.807) is 18.2 Å². The van der Waals surface area contributed by atoms with E-state index in [2.05, 4.69) is 0 Å². The molecule has 1 aliphatic carbocycles. The minimum Gasteiger partial charge on any atom is -0.481 e. The van der Waals surface area contributed by atoms with Crippen molar-refractivity contribution in [2.24, 2.45) is 11.8 Å². The first kappa shape index (κ1) is 16.8. The van der Waals surface area contributed by atoms with Crippen LogP contribution in [0.2, 0.25) is 0 Å². The highest BCUT2D eigenvalue weighted by atomic mass is 35.5. The van der Waals surface area contributed by atoms with Crippen LogP contribution in [-0.4, -0.2) is 41.2 Å². The molecule has 0 unspecified atom stereocenters. The molecule has 1 aliphatic rings. The van der Waals surface area contributed by atoms with Gasteiger partial charge in [0.15, 0.2) is 9.84 Å². The lowest BCUT2D eigenvalue weighted by atomic mass is 9.79. The topological polar surface area (TPSA) is 109 Å². The van der Waals surface area contributed by atoms with E-state index in [1.807, 2.05) is 0 Å². The number of aliphatic carboxylic acids is 2. The summed E-state index contributed by atoms with van der Waals surface area (Å²) < 4.78 is 25.2. The number of carboxylic acid groups (broad SMARTS) is 2. The van der Waals surface area contributed by atoms with Gasteiger partial charge in [-0.25, -0.2) is 8.42 Å². The molecular weight excluding hydrogens is 332 g/mol. The molecule has 120 valence electrons. The van der Waals surface area contributed by atoms with E-state index in [0.29, 0.717) is 0 Å². The minimum atomic E-state index is -3.81. The van der Waals surface area contributed by atoms with Crippen LogP contribution in [0.3, 0.4) is 0 Å². The SMILES string of the molecule is O=C(O)[C@H]1C[C@@H](Cl)[C@H](S(=O)(=O)c2ccccc2)C[C@H]1C(=O)O. The van der Waals surface area contributed by atoms with Gasteiger partial charge in [0.1, 0.15) is 0 Å². The van der Waals surface area contributed by atoms with Crippen molar-refractivity contribution in [3.63, 3.8) is 0 Å². The summed E-state index contributed by atoms with van der Waals surface area (Å²) in [6.45, 7) is 0. The van der Waals surface area contributed by atoms with Crippen LogP contribution in [0.15, 0.2) is 35.2 Å². The fourth-order valence-electron chi connectivity index (χ4n) is 2.77. The summed E-state index contributed by atoms with van der Waals surface area (Å²) in [5.41, 5.74) is 0. The van der Waals surface area contributed by atoms with E-state index in [9.17, 15) is 23.1 Å². The van der Waals surface area contributed by atoms with Crippen molar-refractivity contribution in [2.45, 2.75) is 28.4 Å². The Hall–Kier alpha value is -1.60. The van der Waals surface area contributed by atoms with Gasteiger partial charge < -0.3 is 10.2 Å². The van der Waals surface area contributed by atoms with Crippen molar-refractivity contribution >= 4 is 33.4 Å². The van der Waals surface area contributed by atoms with E-state index in [-0.39, 0.29) is 17.7 Å². The summed E-state index contributed by atoms with van der Waals surface area (Å²) in [4.78, 5) is 22.5. The molecule has 1 fully saturated rings. The molecule has 1 aromatic rings. The molecule has 0 saturated heterocycles. The van der Waals surface area contributed by atoms with Gasteiger partial charge in [0.25, 0.3) is 0 Å². The average Bonchev–Trinajstić information content (AvgIpc) is 2.47. The van der Waals surface area contributed by atoms with Crippen LogP contribution in [0.5, 0.6) is 0 Å². The van der Waals surface area contributed by atoms with Crippen molar-refractivity contribution in [1.82, 2.24) is 0 Å². The molecule has 0 bridgehead atoms. The molecule has 6 nitrogen and oxygen atoms in total. The van der Waals surface area contributed by atoms with E-state index >= 15 is 0 Å². The Labute approximate surface area is 132 Å². The van der Waals surface area contributed by atoms with E-state index in [4.69, 9.17) is 16.7 Å². The molecule has 0 amide bonds. The first-order valence-electron chi connectivity index (χ1n) is 6.63. The number of sulfone groups is 1. The molecular formula is C14H15ClO6S. The Morgan fingerprint density at radius 1 is 1.00 bits per heavy atom. The third-order valence-electron chi connectivity index (χ3n) is 3.96. The van der Waals surface area contributed by atoms with Crippen LogP contribution in [0.25, 0.3) is 0 Å². The molecule has 8 heteroatoms. The number of benzene rings is 1. The second-order valence-electron chi connectivity index (χ2n) is 5.27. The van der Waals surface area contributed by atoms with Gasteiger partial charge in [-0.2, -0.15) is 0 Å². The third kappa shape index (κ3) is 3.10. The standard InChI is InChI=1S/C14H15ClO6S/c15-11-6-9(13(16)17)10(14(18)19)7-12(11)22(20,21)8-4-2-1-3-5-8/h1-5,9-12H,6-7H2,(H,16,17)(H,18,19)/t9-,10+,11+,12+/m0/s1. The number of carbonyl (C=O) groups is 2. The molecule has 4 atom stereocenters. The molecule has 2 rings (SSSR count). The highest BCUT2D eigenvalue weighted by Crippen LogP contribution is 2.39. The van der Waals surface area contributed by atoms with Crippen LogP contribution >= 0.6 is 11.6 Å². The Morgan fingerprint density at radius 3 is 2.00 bits per heavy atom. The number of hydrogen-bond acceptors (Lipinski definition) is 4. The Bertz CT molecular complexity index is 672. The first-order chi connectivity index (χ1) is 10.2.